The van der Waals surface area contributed by atoms with E-state index < -0.39 is 0 Å². The fourth-order valence-corrected chi connectivity index (χ4v) is 1.53. The second-order valence-corrected chi connectivity index (χ2v) is 3.92. The maximum absolute atomic E-state index is 10.4. The van der Waals surface area contributed by atoms with Crippen LogP contribution in [0, 0.1) is 5.92 Å². The van der Waals surface area contributed by atoms with E-state index in [1.54, 1.807) is 0 Å². The Labute approximate surface area is 80.5 Å². The molecule has 0 saturated heterocycles. The molecule has 0 amide bonds. The molecular weight excluding hydrogens is 172 g/mol. The summed E-state index contributed by atoms with van der Waals surface area (Å²) in [6.45, 7) is 4.48. The lowest BCUT2D eigenvalue weighted by Gasteiger charge is -2.08. The van der Waals surface area contributed by atoms with Gasteiger partial charge in [-0.15, -0.1) is 0 Å². The molecule has 0 fully saturated rings. The van der Waals surface area contributed by atoms with Gasteiger partial charge in [0.15, 0.2) is 0 Å². The van der Waals surface area contributed by atoms with Gasteiger partial charge in [-0.2, -0.15) is 0 Å². The molecule has 2 heteroatoms. The summed E-state index contributed by atoms with van der Waals surface area (Å²) in [5, 5.41) is -0.196. The number of unbranched alkanes of at least 4 members (excludes halogenated alkanes) is 1. The van der Waals surface area contributed by atoms with Crippen molar-refractivity contribution in [3.05, 3.63) is 0 Å². The molecule has 0 aliphatic carbocycles. The van der Waals surface area contributed by atoms with Gasteiger partial charge in [-0.3, -0.25) is 4.79 Å². The van der Waals surface area contributed by atoms with E-state index in [4.69, 9.17) is 11.6 Å². The van der Waals surface area contributed by atoms with Crippen LogP contribution in [0.15, 0.2) is 0 Å². The van der Waals surface area contributed by atoms with Crippen molar-refractivity contribution in [1.29, 1.82) is 0 Å². The number of hydrogen-bond donors (Lipinski definition) is 0. The van der Waals surface area contributed by atoms with Gasteiger partial charge in [0.05, 0.1) is 0 Å². The first-order chi connectivity index (χ1) is 5.66. The average Bonchev–Trinajstić information content (AvgIpc) is 1.98. The highest BCUT2D eigenvalue weighted by Crippen LogP contribution is 2.14. The summed E-state index contributed by atoms with van der Waals surface area (Å²) in [4.78, 5) is 10.4. The Morgan fingerprint density at radius 3 is 2.50 bits per heavy atom. The smallest absolute Gasteiger partial charge is 0.221 e. The standard InChI is InChI=1S/C10H19ClO/c1-3-6-9(2)7-4-5-8-10(11)12/h9H,3-8H2,1-2H3. The molecule has 0 aromatic heterocycles. The second kappa shape index (κ2) is 7.60. The van der Waals surface area contributed by atoms with Crippen molar-refractivity contribution in [3.8, 4) is 0 Å². The number of hydrogen-bond acceptors (Lipinski definition) is 1. The van der Waals surface area contributed by atoms with Crippen LogP contribution in [0.5, 0.6) is 0 Å². The van der Waals surface area contributed by atoms with Crippen LogP contribution in [0.3, 0.4) is 0 Å². The highest BCUT2D eigenvalue weighted by atomic mass is 35.5. The Morgan fingerprint density at radius 2 is 2.00 bits per heavy atom. The third-order valence-electron chi connectivity index (χ3n) is 2.10. The highest BCUT2D eigenvalue weighted by Gasteiger charge is 2.01. The molecule has 0 aliphatic heterocycles. The molecule has 0 N–H and O–H groups in total. The van der Waals surface area contributed by atoms with E-state index in [1.165, 1.54) is 19.3 Å². The predicted molar refractivity (Wildman–Crippen MR) is 53.4 cm³/mol. The summed E-state index contributed by atoms with van der Waals surface area (Å²) in [5.41, 5.74) is 0. The summed E-state index contributed by atoms with van der Waals surface area (Å²) in [7, 11) is 0. The minimum absolute atomic E-state index is 0.196. The Balaban J connectivity index is 3.13. The van der Waals surface area contributed by atoms with Gasteiger partial charge in [-0.25, -0.2) is 0 Å². The summed E-state index contributed by atoms with van der Waals surface area (Å²) in [6.07, 6.45) is 6.43. The van der Waals surface area contributed by atoms with Crippen molar-refractivity contribution in [1.82, 2.24) is 0 Å². The van der Waals surface area contributed by atoms with Gasteiger partial charge < -0.3 is 0 Å². The van der Waals surface area contributed by atoms with E-state index >= 15 is 0 Å². The molecule has 1 nitrogen and oxygen atoms in total. The van der Waals surface area contributed by atoms with E-state index in [0.29, 0.717) is 6.42 Å². The second-order valence-electron chi connectivity index (χ2n) is 3.49. The first-order valence-corrected chi connectivity index (χ1v) is 5.23. The molecule has 0 heterocycles. The third kappa shape index (κ3) is 8.06. The van der Waals surface area contributed by atoms with Crippen molar-refractivity contribution in [2.45, 2.75) is 52.4 Å². The van der Waals surface area contributed by atoms with Crippen LogP contribution in [0.2, 0.25) is 0 Å². The minimum Gasteiger partial charge on any atom is -0.281 e. The lowest BCUT2D eigenvalue weighted by molar-refractivity contribution is -0.111. The van der Waals surface area contributed by atoms with E-state index in [9.17, 15) is 4.79 Å². The van der Waals surface area contributed by atoms with Crippen LogP contribution in [-0.4, -0.2) is 5.24 Å². The summed E-state index contributed by atoms with van der Waals surface area (Å²) >= 11 is 5.22. The molecule has 0 aromatic carbocycles. The van der Waals surface area contributed by atoms with Crippen molar-refractivity contribution in [3.63, 3.8) is 0 Å². The lowest BCUT2D eigenvalue weighted by atomic mass is 9.99. The molecule has 0 aromatic rings. The highest BCUT2D eigenvalue weighted by molar-refractivity contribution is 6.63. The normalized spacial score (nSPS) is 12.9. The average molecular weight is 191 g/mol. The minimum atomic E-state index is -0.196. The number of rotatable bonds is 7. The van der Waals surface area contributed by atoms with E-state index in [2.05, 4.69) is 13.8 Å². The van der Waals surface area contributed by atoms with Gasteiger partial charge in [-0.1, -0.05) is 39.5 Å². The van der Waals surface area contributed by atoms with Gasteiger partial charge in [0.25, 0.3) is 0 Å². The Morgan fingerprint density at radius 1 is 1.33 bits per heavy atom. The molecular formula is C10H19ClO. The quantitative estimate of drug-likeness (QED) is 0.442. The van der Waals surface area contributed by atoms with Gasteiger partial charge >= 0.3 is 0 Å². The van der Waals surface area contributed by atoms with Gasteiger partial charge in [0, 0.05) is 6.42 Å². The molecule has 0 spiro atoms. The van der Waals surface area contributed by atoms with Gasteiger partial charge in [0.2, 0.25) is 5.24 Å². The van der Waals surface area contributed by atoms with Gasteiger partial charge in [0.1, 0.15) is 0 Å². The zero-order valence-corrected chi connectivity index (χ0v) is 8.86. The monoisotopic (exact) mass is 190 g/mol. The van der Waals surface area contributed by atoms with E-state index in [-0.39, 0.29) is 5.24 Å². The topological polar surface area (TPSA) is 17.1 Å². The Kier molecular flexibility index (Phi) is 7.58. The van der Waals surface area contributed by atoms with Crippen LogP contribution >= 0.6 is 11.6 Å². The van der Waals surface area contributed by atoms with Crippen molar-refractivity contribution >= 4 is 16.8 Å². The van der Waals surface area contributed by atoms with Crippen LogP contribution in [0.1, 0.15) is 52.4 Å². The number of carbonyl (C=O) groups is 1. The molecule has 0 aliphatic rings. The summed E-state index contributed by atoms with van der Waals surface area (Å²) in [6, 6.07) is 0. The fraction of sp³-hybridized carbons (Fsp3) is 0.900. The zero-order valence-electron chi connectivity index (χ0n) is 8.11. The maximum atomic E-state index is 10.4. The molecule has 0 radical (unpaired) electrons. The summed E-state index contributed by atoms with van der Waals surface area (Å²) < 4.78 is 0. The SMILES string of the molecule is CCCC(C)CCCCC(=O)Cl. The number of halogens is 1. The first kappa shape index (κ1) is 12.0. The van der Waals surface area contributed by atoms with Crippen molar-refractivity contribution in [2.24, 2.45) is 5.92 Å². The van der Waals surface area contributed by atoms with Crippen LogP contribution < -0.4 is 0 Å². The third-order valence-corrected chi connectivity index (χ3v) is 2.29. The van der Waals surface area contributed by atoms with Crippen LogP contribution in [0.25, 0.3) is 0 Å². The van der Waals surface area contributed by atoms with E-state index in [0.717, 1.165) is 18.8 Å². The number of carbonyl (C=O) groups excluding carboxylic acids is 1. The predicted octanol–water partition coefficient (Wildman–Crippen LogP) is 3.75. The first-order valence-electron chi connectivity index (χ1n) is 4.85. The van der Waals surface area contributed by atoms with E-state index in [1.807, 2.05) is 0 Å². The zero-order chi connectivity index (χ0) is 9.40. The largest absolute Gasteiger partial charge is 0.281 e. The molecule has 72 valence electrons. The molecule has 1 unspecified atom stereocenters. The van der Waals surface area contributed by atoms with Crippen molar-refractivity contribution in [2.75, 3.05) is 0 Å². The van der Waals surface area contributed by atoms with Gasteiger partial charge in [-0.05, 0) is 23.9 Å². The molecule has 0 rings (SSSR count). The Bertz CT molecular complexity index is 123. The van der Waals surface area contributed by atoms with Crippen LogP contribution in [-0.2, 0) is 4.79 Å². The Hall–Kier alpha value is -0.0400. The molecule has 0 bridgehead atoms. The lowest BCUT2D eigenvalue weighted by Crippen LogP contribution is -1.94. The molecule has 12 heavy (non-hydrogen) atoms. The van der Waals surface area contributed by atoms with Crippen LogP contribution in [0.4, 0.5) is 0 Å². The maximum Gasteiger partial charge on any atom is 0.221 e. The fourth-order valence-electron chi connectivity index (χ4n) is 1.39. The van der Waals surface area contributed by atoms with Crippen molar-refractivity contribution < 1.29 is 4.79 Å². The summed E-state index contributed by atoms with van der Waals surface area (Å²) in [5.74, 6) is 0.806. The molecule has 1 atom stereocenters. The molecule has 0 saturated carbocycles.